The Kier molecular flexibility index (Phi) is 8.68. The van der Waals surface area contributed by atoms with E-state index in [0.29, 0.717) is 12.8 Å². The third-order valence-electron chi connectivity index (χ3n) is 5.05. The molecule has 29 heavy (non-hydrogen) atoms. The molecule has 0 N–H and O–H groups in total. The Bertz CT molecular complexity index is 895. The van der Waals surface area contributed by atoms with E-state index >= 15 is 0 Å². The number of benzene rings is 2. The number of nitriles is 2. The van der Waals surface area contributed by atoms with E-state index in [0.717, 1.165) is 24.0 Å². The molecule has 2 nitrogen and oxygen atoms in total. The molecule has 0 aliphatic carbocycles. The Morgan fingerprint density at radius 3 is 2.21 bits per heavy atom. The second-order valence-corrected chi connectivity index (χ2v) is 7.13. The van der Waals surface area contributed by atoms with Gasteiger partial charge in [-0.2, -0.15) is 10.5 Å². The molecule has 0 amide bonds. The van der Waals surface area contributed by atoms with Gasteiger partial charge in [0.15, 0.2) is 5.41 Å². The van der Waals surface area contributed by atoms with E-state index in [1.165, 1.54) is 5.56 Å². The van der Waals surface area contributed by atoms with Crippen LogP contribution in [0.1, 0.15) is 49.7 Å². The van der Waals surface area contributed by atoms with Crippen LogP contribution in [0.5, 0.6) is 0 Å². The van der Waals surface area contributed by atoms with Crippen LogP contribution < -0.4 is 0 Å². The van der Waals surface area contributed by atoms with Crippen molar-refractivity contribution in [1.82, 2.24) is 0 Å². The molecule has 0 saturated heterocycles. The Labute approximate surface area is 175 Å². The Hall–Kier alpha value is -3.36. The first-order valence-electron chi connectivity index (χ1n) is 10.1. The van der Waals surface area contributed by atoms with Crippen molar-refractivity contribution in [1.29, 1.82) is 10.5 Å². The molecule has 1 atom stereocenters. The average molecular weight is 381 g/mol. The number of allylic oxidation sites excluding steroid dienone is 4. The molecule has 2 rings (SSSR count). The van der Waals surface area contributed by atoms with Crippen LogP contribution in [0.3, 0.4) is 0 Å². The lowest BCUT2D eigenvalue weighted by Gasteiger charge is -2.25. The summed E-state index contributed by atoms with van der Waals surface area (Å²) in [7, 11) is 0. The number of hydrogen-bond acceptors (Lipinski definition) is 2. The summed E-state index contributed by atoms with van der Waals surface area (Å²) in [5.74, 6) is 0.0744. The zero-order valence-corrected chi connectivity index (χ0v) is 17.1. The molecule has 2 heteroatoms. The predicted octanol–water partition coefficient (Wildman–Crippen LogP) is 7.21. The van der Waals surface area contributed by atoms with Crippen molar-refractivity contribution >= 4 is 6.08 Å². The fourth-order valence-corrected chi connectivity index (χ4v) is 3.38. The third kappa shape index (κ3) is 6.06. The smallest absolute Gasteiger partial charge is 0.168 e. The standard InChI is InChI=1S/C27H28N2/c1-3-5-16-26(27(21-28,22-29)19-4-2)20-25(24-14-10-7-11-15-24)18-17-23-12-8-6-9-13-23/h4,6-18,25H,2-3,5,19-20H2,1H3/b18-17+,26-16+/t25-/m1/s1. The van der Waals surface area contributed by atoms with Crippen LogP contribution in [0.15, 0.2) is 91.0 Å². The molecule has 146 valence electrons. The van der Waals surface area contributed by atoms with Gasteiger partial charge in [-0.15, -0.1) is 6.58 Å². The number of rotatable bonds is 10. The highest BCUT2D eigenvalue weighted by Gasteiger charge is 2.34. The van der Waals surface area contributed by atoms with Crippen LogP contribution in [0, 0.1) is 28.1 Å². The lowest BCUT2D eigenvalue weighted by atomic mass is 9.74. The molecular formula is C27H28N2. The van der Waals surface area contributed by atoms with Gasteiger partial charge in [-0.25, -0.2) is 0 Å². The second-order valence-electron chi connectivity index (χ2n) is 7.13. The molecule has 0 bridgehead atoms. The van der Waals surface area contributed by atoms with Crippen molar-refractivity contribution in [2.45, 2.75) is 38.5 Å². The van der Waals surface area contributed by atoms with E-state index in [4.69, 9.17) is 0 Å². The molecule has 0 aliphatic heterocycles. The van der Waals surface area contributed by atoms with E-state index in [-0.39, 0.29) is 5.92 Å². The van der Waals surface area contributed by atoms with Gasteiger partial charge in [0.1, 0.15) is 0 Å². The Morgan fingerprint density at radius 2 is 1.66 bits per heavy atom. The van der Waals surface area contributed by atoms with E-state index in [2.05, 4.69) is 68.1 Å². The quantitative estimate of drug-likeness (QED) is 0.409. The highest BCUT2D eigenvalue weighted by Crippen LogP contribution is 2.38. The zero-order valence-electron chi connectivity index (χ0n) is 17.1. The Morgan fingerprint density at radius 1 is 1.03 bits per heavy atom. The summed E-state index contributed by atoms with van der Waals surface area (Å²) in [6, 6.07) is 25.0. The first-order chi connectivity index (χ1) is 14.2. The van der Waals surface area contributed by atoms with Crippen molar-refractivity contribution in [3.05, 3.63) is 102 Å². The van der Waals surface area contributed by atoms with Gasteiger partial charge < -0.3 is 0 Å². The molecule has 2 aromatic carbocycles. The van der Waals surface area contributed by atoms with E-state index in [9.17, 15) is 10.5 Å². The molecule has 0 aliphatic rings. The van der Waals surface area contributed by atoms with Crippen molar-refractivity contribution in [2.24, 2.45) is 5.41 Å². The number of unbranched alkanes of at least 4 members (excludes halogenated alkanes) is 1. The van der Waals surface area contributed by atoms with Crippen molar-refractivity contribution in [3.8, 4) is 12.1 Å². The average Bonchev–Trinajstić information content (AvgIpc) is 2.78. The summed E-state index contributed by atoms with van der Waals surface area (Å²) >= 11 is 0. The predicted molar refractivity (Wildman–Crippen MR) is 121 cm³/mol. The monoisotopic (exact) mass is 380 g/mol. The minimum Gasteiger partial charge on any atom is -0.196 e. The molecule has 0 aromatic heterocycles. The summed E-state index contributed by atoms with van der Waals surface area (Å²) in [4.78, 5) is 0. The normalized spacial score (nSPS) is 12.9. The maximum absolute atomic E-state index is 9.89. The van der Waals surface area contributed by atoms with Crippen LogP contribution in [0.25, 0.3) is 6.08 Å². The topological polar surface area (TPSA) is 47.6 Å². The first kappa shape index (κ1) is 21.9. The van der Waals surface area contributed by atoms with E-state index in [1.54, 1.807) is 6.08 Å². The summed E-state index contributed by atoms with van der Waals surface area (Å²) in [6.07, 6.45) is 10.8. The molecule has 0 fully saturated rings. The van der Waals surface area contributed by atoms with Crippen LogP contribution in [-0.4, -0.2) is 0 Å². The molecule has 0 radical (unpaired) electrons. The van der Waals surface area contributed by atoms with Gasteiger partial charge in [0.05, 0.1) is 12.1 Å². The minimum absolute atomic E-state index is 0.0744. The third-order valence-corrected chi connectivity index (χ3v) is 5.05. The molecular weight excluding hydrogens is 352 g/mol. The van der Waals surface area contributed by atoms with Gasteiger partial charge in [0.2, 0.25) is 0 Å². The summed E-state index contributed by atoms with van der Waals surface area (Å²) in [5, 5.41) is 19.8. The molecule has 0 unspecified atom stereocenters. The van der Waals surface area contributed by atoms with Gasteiger partial charge in [-0.1, -0.05) is 98.3 Å². The van der Waals surface area contributed by atoms with Crippen molar-refractivity contribution < 1.29 is 0 Å². The van der Waals surface area contributed by atoms with Gasteiger partial charge in [0.25, 0.3) is 0 Å². The second kappa shape index (κ2) is 11.5. The lowest BCUT2D eigenvalue weighted by molar-refractivity contribution is 0.578. The van der Waals surface area contributed by atoms with Crippen molar-refractivity contribution in [2.75, 3.05) is 0 Å². The maximum Gasteiger partial charge on any atom is 0.168 e. The van der Waals surface area contributed by atoms with E-state index < -0.39 is 5.41 Å². The van der Waals surface area contributed by atoms with Crippen LogP contribution in [0.4, 0.5) is 0 Å². The fourth-order valence-electron chi connectivity index (χ4n) is 3.38. The van der Waals surface area contributed by atoms with E-state index in [1.807, 2.05) is 36.4 Å². The van der Waals surface area contributed by atoms with Crippen molar-refractivity contribution in [3.63, 3.8) is 0 Å². The first-order valence-corrected chi connectivity index (χ1v) is 10.1. The van der Waals surface area contributed by atoms with Crippen LogP contribution in [-0.2, 0) is 0 Å². The summed E-state index contributed by atoms with van der Waals surface area (Å²) < 4.78 is 0. The van der Waals surface area contributed by atoms with Gasteiger partial charge in [-0.3, -0.25) is 0 Å². The highest BCUT2D eigenvalue weighted by atomic mass is 14.4. The van der Waals surface area contributed by atoms with Gasteiger partial charge in [-0.05, 0) is 29.5 Å². The summed E-state index contributed by atoms with van der Waals surface area (Å²) in [5.41, 5.74) is 2.02. The minimum atomic E-state index is -1.16. The Balaban J connectivity index is 2.45. The largest absolute Gasteiger partial charge is 0.196 e. The van der Waals surface area contributed by atoms with Crippen LogP contribution >= 0.6 is 0 Å². The SMILES string of the molecule is C=CCC(C#N)(C#N)/C(=C/CCC)C[C@@H](/C=C/c1ccccc1)c1ccccc1. The molecule has 0 saturated carbocycles. The van der Waals surface area contributed by atoms with Gasteiger partial charge in [0, 0.05) is 12.3 Å². The number of hydrogen-bond donors (Lipinski definition) is 0. The molecule has 2 aromatic rings. The molecule has 0 spiro atoms. The maximum atomic E-state index is 9.89. The fraction of sp³-hybridized carbons (Fsp3) is 0.259. The lowest BCUT2D eigenvalue weighted by Crippen LogP contribution is -2.20. The zero-order chi connectivity index (χ0) is 21.0. The number of nitrogens with zero attached hydrogens (tertiary/aromatic N) is 2. The van der Waals surface area contributed by atoms with Gasteiger partial charge >= 0.3 is 0 Å². The highest BCUT2D eigenvalue weighted by molar-refractivity contribution is 5.51. The molecule has 0 heterocycles. The summed E-state index contributed by atoms with van der Waals surface area (Å²) in [6.45, 7) is 5.88. The van der Waals surface area contributed by atoms with Crippen LogP contribution in [0.2, 0.25) is 0 Å².